The molecule has 0 atom stereocenters. The summed E-state index contributed by atoms with van der Waals surface area (Å²) in [5.41, 5.74) is 10.3. The molecule has 0 aromatic carbocycles. The van der Waals surface area contributed by atoms with Gasteiger partial charge >= 0.3 is 0 Å². The molecule has 0 amide bonds. The van der Waals surface area contributed by atoms with Gasteiger partial charge in [0.2, 0.25) is 0 Å². The van der Waals surface area contributed by atoms with E-state index >= 15 is 0 Å². The zero-order valence-corrected chi connectivity index (χ0v) is 10.6. The molecule has 0 radical (unpaired) electrons. The normalized spacial score (nSPS) is 14.4. The van der Waals surface area contributed by atoms with Crippen LogP contribution in [-0.4, -0.2) is 26.1 Å². The molecule has 0 heterocycles. The highest BCUT2D eigenvalue weighted by atomic mass is 35.5. The van der Waals surface area contributed by atoms with E-state index in [0.29, 0.717) is 38.8 Å². The Hall–Kier alpha value is 0.750. The fourth-order valence-corrected chi connectivity index (χ4v) is 0.756. The summed E-state index contributed by atoms with van der Waals surface area (Å²) in [4.78, 5) is 0. The van der Waals surface area contributed by atoms with Crippen LogP contribution in [0.3, 0.4) is 0 Å². The molecule has 0 bridgehead atoms. The van der Waals surface area contributed by atoms with Crippen molar-refractivity contribution < 1.29 is 5.48 Å². The average Bonchev–Trinajstić information content (AvgIpc) is 1.98. The summed E-state index contributed by atoms with van der Waals surface area (Å²) in [5.74, 6) is 0. The monoisotopic (exact) mass is 271 g/mol. The topological polar surface area (TPSA) is 64.1 Å². The van der Waals surface area contributed by atoms with Crippen LogP contribution >= 0.6 is 37.2 Å². The third kappa shape index (κ3) is 23.0. The minimum Gasteiger partial charge on any atom is -0.330 e. The quantitative estimate of drug-likeness (QED) is 0.584. The molecule has 6 heteroatoms. The highest BCUT2D eigenvalue weighted by Gasteiger charge is 1.87. The molecule has 0 rings (SSSR count). The zero-order chi connectivity index (χ0) is 11.9. The summed E-state index contributed by atoms with van der Waals surface area (Å²) in [7, 11) is 0. The minimum atomic E-state index is -1.59. The van der Waals surface area contributed by atoms with Crippen LogP contribution in [0.4, 0.5) is 0 Å². The van der Waals surface area contributed by atoms with Gasteiger partial charge in [0.25, 0.3) is 0 Å². The van der Waals surface area contributed by atoms with Crippen LogP contribution in [0, 0.1) is 0 Å². The zero-order valence-electron chi connectivity index (χ0n) is 12.1. The van der Waals surface area contributed by atoms with Crippen LogP contribution in [0.1, 0.15) is 31.2 Å². The third-order valence-corrected chi connectivity index (χ3v) is 1.35. The second-order valence-corrected chi connectivity index (χ2v) is 2.37. The molecule has 0 saturated heterocycles. The van der Waals surface area contributed by atoms with E-state index in [-0.39, 0.29) is 37.2 Å². The summed E-state index contributed by atoms with van der Waals surface area (Å²) in [6, 6.07) is 0. The van der Waals surface area contributed by atoms with Gasteiger partial charge in [-0.2, -0.15) is 0 Å². The van der Waals surface area contributed by atoms with Gasteiger partial charge in [0.05, 0.1) is 0 Å². The van der Waals surface area contributed by atoms with Crippen LogP contribution in [0.25, 0.3) is 0 Å². The van der Waals surface area contributed by atoms with E-state index in [1.165, 1.54) is 0 Å². The lowest BCUT2D eigenvalue weighted by Gasteiger charge is -2.02. The summed E-state index contributed by atoms with van der Waals surface area (Å²) in [6.45, 7) is -1.78. The van der Waals surface area contributed by atoms with Gasteiger partial charge in [0.1, 0.15) is 0 Å². The van der Waals surface area contributed by atoms with E-state index in [0.717, 1.165) is 0 Å². The molecule has 0 saturated carbocycles. The van der Waals surface area contributed by atoms with Crippen LogP contribution in [0.5, 0.6) is 0 Å². The molecule has 0 spiro atoms. The van der Waals surface area contributed by atoms with Crippen molar-refractivity contribution in [2.75, 3.05) is 26.1 Å². The Kier molecular flexibility index (Phi) is 21.5. The first-order valence-electron chi connectivity index (χ1n) is 5.99. The van der Waals surface area contributed by atoms with E-state index in [1.807, 2.05) is 0 Å². The van der Waals surface area contributed by atoms with Crippen molar-refractivity contribution in [2.45, 2.75) is 25.7 Å². The molecule has 0 aromatic rings. The predicted molar refractivity (Wildman–Crippen MR) is 71.2 cm³/mol. The lowest BCUT2D eigenvalue weighted by molar-refractivity contribution is 0.595. The first kappa shape index (κ1) is 12.8. The molecular formula is C8H24Cl3N3. The van der Waals surface area contributed by atoms with Gasteiger partial charge in [0, 0.05) is 5.48 Å². The Morgan fingerprint density at radius 2 is 1.14 bits per heavy atom. The molecule has 0 unspecified atom stereocenters. The first-order valence-corrected chi connectivity index (χ1v) is 3.99. The van der Waals surface area contributed by atoms with Crippen molar-refractivity contribution >= 4 is 37.2 Å². The molecule has 0 fully saturated rings. The SMILES string of the molecule is Cl.Cl.Cl.[2H]C([2H])(N)CCCNCCCC([2H])([2H])N. The smallest absolute Gasteiger partial charge is 0.0425 e. The highest BCUT2D eigenvalue weighted by Crippen LogP contribution is 1.85. The van der Waals surface area contributed by atoms with Gasteiger partial charge in [-0.15, -0.1) is 37.2 Å². The van der Waals surface area contributed by atoms with Crippen molar-refractivity contribution in [3.05, 3.63) is 0 Å². The van der Waals surface area contributed by atoms with Crippen LogP contribution in [0.15, 0.2) is 0 Å². The Morgan fingerprint density at radius 3 is 1.43 bits per heavy atom. The number of nitrogens with one attached hydrogen (secondary N) is 1. The van der Waals surface area contributed by atoms with Crippen LogP contribution < -0.4 is 16.8 Å². The van der Waals surface area contributed by atoms with Crippen LogP contribution in [0.2, 0.25) is 0 Å². The summed E-state index contributed by atoms with van der Waals surface area (Å²) in [6.07, 6.45) is 2.02. The lowest BCUT2D eigenvalue weighted by atomic mass is 10.3. The van der Waals surface area contributed by atoms with Crippen molar-refractivity contribution in [1.29, 1.82) is 0 Å². The van der Waals surface area contributed by atoms with Gasteiger partial charge < -0.3 is 16.8 Å². The molecule has 5 N–H and O–H groups in total. The Balaban J connectivity index is -0.000000327. The van der Waals surface area contributed by atoms with Crippen LogP contribution in [-0.2, 0) is 0 Å². The van der Waals surface area contributed by atoms with Gasteiger partial charge in [-0.05, 0) is 51.8 Å². The number of nitrogens with two attached hydrogens (primary N) is 2. The number of halogens is 3. The van der Waals surface area contributed by atoms with E-state index < -0.39 is 13.0 Å². The lowest BCUT2D eigenvalue weighted by Crippen LogP contribution is -2.18. The van der Waals surface area contributed by atoms with E-state index in [2.05, 4.69) is 5.32 Å². The molecule has 0 aliphatic rings. The number of hydrogen-bond donors (Lipinski definition) is 3. The summed E-state index contributed by atoms with van der Waals surface area (Å²) >= 11 is 0. The molecule has 92 valence electrons. The Morgan fingerprint density at radius 1 is 0.786 bits per heavy atom. The third-order valence-electron chi connectivity index (χ3n) is 1.35. The summed E-state index contributed by atoms with van der Waals surface area (Å²) in [5, 5.41) is 3.09. The van der Waals surface area contributed by atoms with Crippen molar-refractivity contribution in [2.24, 2.45) is 11.5 Å². The molecular weight excluding hydrogens is 244 g/mol. The molecule has 0 aromatic heterocycles. The maximum Gasteiger partial charge on any atom is 0.0425 e. The fraction of sp³-hybridized carbons (Fsp3) is 1.00. The fourth-order valence-electron chi connectivity index (χ4n) is 0.756. The highest BCUT2D eigenvalue weighted by molar-refractivity contribution is 5.86. The van der Waals surface area contributed by atoms with E-state index in [4.69, 9.17) is 17.0 Å². The van der Waals surface area contributed by atoms with Gasteiger partial charge in [-0.1, -0.05) is 0 Å². The minimum absolute atomic E-state index is 0. The Labute approximate surface area is 112 Å². The molecule has 0 aliphatic heterocycles. The van der Waals surface area contributed by atoms with Crippen molar-refractivity contribution in [3.63, 3.8) is 0 Å². The van der Waals surface area contributed by atoms with E-state index in [1.54, 1.807) is 0 Å². The molecule has 14 heavy (non-hydrogen) atoms. The predicted octanol–water partition coefficient (Wildman–Crippen LogP) is 1.32. The molecule has 0 aliphatic carbocycles. The van der Waals surface area contributed by atoms with Crippen molar-refractivity contribution in [3.8, 4) is 0 Å². The number of rotatable bonds is 8. The summed E-state index contributed by atoms with van der Waals surface area (Å²) < 4.78 is 28.3. The number of hydrogen-bond acceptors (Lipinski definition) is 3. The van der Waals surface area contributed by atoms with E-state index in [9.17, 15) is 0 Å². The maximum absolute atomic E-state index is 7.08. The Bertz CT molecular complexity index is 158. The van der Waals surface area contributed by atoms with Gasteiger partial charge in [-0.3, -0.25) is 0 Å². The molecule has 3 nitrogen and oxygen atoms in total. The second-order valence-electron chi connectivity index (χ2n) is 2.37. The maximum atomic E-state index is 7.08. The first-order chi connectivity index (χ1) is 6.71. The van der Waals surface area contributed by atoms with Crippen molar-refractivity contribution in [1.82, 2.24) is 5.32 Å². The largest absolute Gasteiger partial charge is 0.330 e. The second kappa shape index (κ2) is 23.5. The average molecular weight is 273 g/mol. The standard InChI is InChI=1S/C8H21N3.3ClH/c9-5-1-3-7-11-8-4-2-6-10;;;/h11H,1-10H2;3*1H/i5D2,6D2;;;. The van der Waals surface area contributed by atoms with Gasteiger partial charge in [-0.25, -0.2) is 0 Å². The van der Waals surface area contributed by atoms with Gasteiger partial charge in [0.15, 0.2) is 0 Å².